The van der Waals surface area contributed by atoms with Gasteiger partial charge >= 0.3 is 0 Å². The van der Waals surface area contributed by atoms with E-state index >= 15 is 0 Å². The van der Waals surface area contributed by atoms with Crippen molar-refractivity contribution in [3.05, 3.63) is 51.8 Å². The van der Waals surface area contributed by atoms with Gasteiger partial charge in [-0.05, 0) is 29.5 Å². The summed E-state index contributed by atoms with van der Waals surface area (Å²) >= 11 is 1.89. The zero-order valence-corrected chi connectivity index (χ0v) is 12.7. The van der Waals surface area contributed by atoms with Crippen molar-refractivity contribution in [2.75, 3.05) is 13.2 Å². The molecular weight excluding hydrogens is 266 g/mol. The third kappa shape index (κ3) is 2.66. The summed E-state index contributed by atoms with van der Waals surface area (Å²) in [5.74, 6) is 0.554. The summed E-state index contributed by atoms with van der Waals surface area (Å²) in [6.07, 6.45) is 13.5. The molecule has 0 fully saturated rings. The first-order chi connectivity index (χ1) is 9.81. The molecular formula is C17H21NOS. The molecule has 2 aliphatic rings. The van der Waals surface area contributed by atoms with E-state index in [0.29, 0.717) is 12.5 Å². The lowest BCUT2D eigenvalue weighted by atomic mass is 10.0. The zero-order chi connectivity index (χ0) is 13.9. The monoisotopic (exact) mass is 287 g/mol. The molecule has 0 bridgehead atoms. The minimum atomic E-state index is 0.0815. The van der Waals surface area contributed by atoms with Crippen molar-refractivity contribution in [3.8, 4) is 0 Å². The highest BCUT2D eigenvalue weighted by atomic mass is 32.1. The summed E-state index contributed by atoms with van der Waals surface area (Å²) < 4.78 is 5.74. The Bertz CT molecular complexity index is 568. The van der Waals surface area contributed by atoms with E-state index in [-0.39, 0.29) is 6.10 Å². The first-order valence-corrected chi connectivity index (χ1v) is 8.14. The van der Waals surface area contributed by atoms with E-state index in [0.717, 1.165) is 19.4 Å². The number of hydrogen-bond donors (Lipinski definition) is 1. The van der Waals surface area contributed by atoms with Crippen LogP contribution in [0.5, 0.6) is 0 Å². The molecule has 2 atom stereocenters. The minimum absolute atomic E-state index is 0.0815. The highest BCUT2D eigenvalue weighted by Gasteiger charge is 2.23. The standard InChI is InChI=1S/C17H21NOS/c1-2-12-4-3-5-13(7-6-12)17-10-14-15(11-18)19-9-8-16(14)20-17/h3-7,10,12,15H,2,8-9,11,18H2,1H3. The fourth-order valence-corrected chi connectivity index (χ4v) is 3.92. The first-order valence-electron chi connectivity index (χ1n) is 7.33. The Hall–Kier alpha value is -1.16. The van der Waals surface area contributed by atoms with E-state index in [9.17, 15) is 0 Å². The number of hydrogen-bond acceptors (Lipinski definition) is 3. The average molecular weight is 287 g/mol. The van der Waals surface area contributed by atoms with Gasteiger partial charge in [-0.1, -0.05) is 37.3 Å². The Labute approximate surface area is 124 Å². The van der Waals surface area contributed by atoms with Gasteiger partial charge in [0.15, 0.2) is 0 Å². The van der Waals surface area contributed by atoms with E-state index in [1.54, 1.807) is 0 Å². The van der Waals surface area contributed by atoms with E-state index in [4.69, 9.17) is 10.5 Å². The number of nitrogens with two attached hydrogens (primary N) is 1. The lowest BCUT2D eigenvalue weighted by Crippen LogP contribution is -2.21. The normalized spacial score (nSPS) is 25.2. The van der Waals surface area contributed by atoms with Crippen molar-refractivity contribution in [2.45, 2.75) is 25.9 Å². The molecule has 1 aliphatic carbocycles. The highest BCUT2D eigenvalue weighted by Crippen LogP contribution is 2.37. The van der Waals surface area contributed by atoms with Gasteiger partial charge in [-0.2, -0.15) is 0 Å². The summed E-state index contributed by atoms with van der Waals surface area (Å²) in [6.45, 7) is 3.58. The van der Waals surface area contributed by atoms with Crippen molar-refractivity contribution in [2.24, 2.45) is 11.7 Å². The van der Waals surface area contributed by atoms with Crippen molar-refractivity contribution in [1.29, 1.82) is 0 Å². The van der Waals surface area contributed by atoms with Gasteiger partial charge in [-0.25, -0.2) is 0 Å². The Kier molecular flexibility index (Phi) is 4.20. The van der Waals surface area contributed by atoms with Crippen LogP contribution in [0.15, 0.2) is 36.4 Å². The van der Waals surface area contributed by atoms with Crippen LogP contribution in [0.25, 0.3) is 5.57 Å². The molecule has 0 spiro atoms. The lowest BCUT2D eigenvalue weighted by Gasteiger charge is -2.21. The summed E-state index contributed by atoms with van der Waals surface area (Å²) in [7, 11) is 0. The molecule has 0 aromatic carbocycles. The van der Waals surface area contributed by atoms with Gasteiger partial charge in [-0.3, -0.25) is 0 Å². The molecule has 0 amide bonds. The Morgan fingerprint density at radius 3 is 3.10 bits per heavy atom. The van der Waals surface area contributed by atoms with Crippen molar-refractivity contribution >= 4 is 16.9 Å². The van der Waals surface area contributed by atoms with Crippen LogP contribution < -0.4 is 5.73 Å². The van der Waals surface area contributed by atoms with Crippen LogP contribution in [-0.4, -0.2) is 13.2 Å². The molecule has 2 heterocycles. The van der Waals surface area contributed by atoms with E-state index in [1.165, 1.54) is 20.9 Å². The number of fused-ring (bicyclic) bond motifs is 1. The second kappa shape index (κ2) is 6.08. The molecule has 2 N–H and O–H groups in total. The van der Waals surface area contributed by atoms with Gasteiger partial charge in [0.05, 0.1) is 12.7 Å². The molecule has 0 saturated heterocycles. The zero-order valence-electron chi connectivity index (χ0n) is 11.8. The van der Waals surface area contributed by atoms with Crippen LogP contribution in [0.1, 0.15) is 34.8 Å². The average Bonchev–Trinajstić information content (AvgIpc) is 2.77. The number of rotatable bonds is 3. The van der Waals surface area contributed by atoms with Crippen LogP contribution in [-0.2, 0) is 11.2 Å². The van der Waals surface area contributed by atoms with Gasteiger partial charge < -0.3 is 10.5 Å². The van der Waals surface area contributed by atoms with Crippen LogP contribution in [0.2, 0.25) is 0 Å². The first kappa shape index (κ1) is 13.8. The quantitative estimate of drug-likeness (QED) is 0.916. The molecule has 2 nitrogen and oxygen atoms in total. The Balaban J connectivity index is 1.90. The SMILES string of the molecule is CCC1C=CC=C(c2cc3c(s2)CCOC3CN)C=C1. The van der Waals surface area contributed by atoms with Crippen LogP contribution in [0.4, 0.5) is 0 Å². The van der Waals surface area contributed by atoms with Crippen molar-refractivity contribution in [1.82, 2.24) is 0 Å². The largest absolute Gasteiger partial charge is 0.372 e. The van der Waals surface area contributed by atoms with Gasteiger partial charge in [-0.15, -0.1) is 11.3 Å². The highest BCUT2D eigenvalue weighted by molar-refractivity contribution is 7.13. The van der Waals surface area contributed by atoms with Gasteiger partial charge in [0.25, 0.3) is 0 Å². The lowest BCUT2D eigenvalue weighted by molar-refractivity contribution is 0.0498. The van der Waals surface area contributed by atoms with Crippen LogP contribution in [0.3, 0.4) is 0 Å². The number of allylic oxidation sites excluding steroid dienone is 6. The van der Waals surface area contributed by atoms with Gasteiger partial charge in [0.1, 0.15) is 0 Å². The third-order valence-electron chi connectivity index (χ3n) is 3.96. The van der Waals surface area contributed by atoms with Gasteiger partial charge in [0, 0.05) is 22.7 Å². The molecule has 3 heteroatoms. The molecule has 0 saturated carbocycles. The van der Waals surface area contributed by atoms with E-state index in [2.05, 4.69) is 43.4 Å². The van der Waals surface area contributed by atoms with Crippen molar-refractivity contribution in [3.63, 3.8) is 0 Å². The maximum absolute atomic E-state index is 5.81. The fourth-order valence-electron chi connectivity index (χ4n) is 2.72. The smallest absolute Gasteiger partial charge is 0.0958 e. The minimum Gasteiger partial charge on any atom is -0.372 e. The fraction of sp³-hybridized carbons (Fsp3) is 0.412. The summed E-state index contributed by atoms with van der Waals surface area (Å²) in [5.41, 5.74) is 8.40. The molecule has 1 aliphatic heterocycles. The summed E-state index contributed by atoms with van der Waals surface area (Å²) in [6, 6.07) is 2.27. The van der Waals surface area contributed by atoms with Crippen LogP contribution >= 0.6 is 11.3 Å². The van der Waals surface area contributed by atoms with Gasteiger partial charge in [0.2, 0.25) is 0 Å². The summed E-state index contributed by atoms with van der Waals surface area (Å²) in [4.78, 5) is 2.77. The summed E-state index contributed by atoms with van der Waals surface area (Å²) in [5, 5.41) is 0. The number of thiophene rings is 1. The molecule has 3 rings (SSSR count). The molecule has 1 aromatic heterocycles. The topological polar surface area (TPSA) is 35.2 Å². The molecule has 2 unspecified atom stereocenters. The second-order valence-electron chi connectivity index (χ2n) is 5.27. The Morgan fingerprint density at radius 1 is 1.40 bits per heavy atom. The third-order valence-corrected chi connectivity index (χ3v) is 5.22. The Morgan fingerprint density at radius 2 is 2.30 bits per heavy atom. The predicted octanol–water partition coefficient (Wildman–Crippen LogP) is 3.86. The maximum atomic E-state index is 5.81. The predicted molar refractivity (Wildman–Crippen MR) is 85.8 cm³/mol. The van der Waals surface area contributed by atoms with Crippen LogP contribution in [0, 0.1) is 5.92 Å². The molecule has 1 aromatic rings. The number of ether oxygens (including phenoxy) is 1. The second-order valence-corrected chi connectivity index (χ2v) is 6.41. The molecule has 106 valence electrons. The van der Waals surface area contributed by atoms with E-state index < -0.39 is 0 Å². The molecule has 0 radical (unpaired) electrons. The van der Waals surface area contributed by atoms with E-state index in [1.807, 2.05) is 11.3 Å². The molecule has 20 heavy (non-hydrogen) atoms. The van der Waals surface area contributed by atoms with Crippen molar-refractivity contribution < 1.29 is 4.74 Å². The maximum Gasteiger partial charge on any atom is 0.0958 e.